The maximum absolute atomic E-state index is 12.7. The van der Waals surface area contributed by atoms with Gasteiger partial charge in [-0.05, 0) is 25.0 Å². The summed E-state index contributed by atoms with van der Waals surface area (Å²) < 4.78 is 26.8. The minimum atomic E-state index is -3.63. The summed E-state index contributed by atoms with van der Waals surface area (Å²) in [5.41, 5.74) is 5.78. The molecule has 0 saturated heterocycles. The van der Waals surface area contributed by atoms with Crippen LogP contribution in [-0.2, 0) is 10.0 Å². The SMILES string of the molecule is NCC#Cc1ccccc1S(=O)(=O)N(CCO)C1CC1. The lowest BCUT2D eigenvalue weighted by atomic mass is 10.2. The van der Waals surface area contributed by atoms with Crippen LogP contribution in [0.5, 0.6) is 0 Å². The Labute approximate surface area is 119 Å². The second kappa shape index (κ2) is 6.37. The lowest BCUT2D eigenvalue weighted by Gasteiger charge is -2.21. The summed E-state index contributed by atoms with van der Waals surface area (Å²) in [7, 11) is -3.63. The van der Waals surface area contributed by atoms with Crippen LogP contribution in [0.1, 0.15) is 18.4 Å². The van der Waals surface area contributed by atoms with E-state index in [4.69, 9.17) is 10.8 Å². The Bertz CT molecular complexity index is 627. The molecule has 0 aromatic heterocycles. The van der Waals surface area contributed by atoms with Crippen LogP contribution >= 0.6 is 0 Å². The van der Waals surface area contributed by atoms with Gasteiger partial charge in [0.15, 0.2) is 0 Å². The molecule has 1 fully saturated rings. The third-order valence-corrected chi connectivity index (χ3v) is 5.08. The molecule has 6 heteroatoms. The van der Waals surface area contributed by atoms with E-state index in [2.05, 4.69) is 11.8 Å². The van der Waals surface area contributed by atoms with Crippen molar-refractivity contribution in [3.05, 3.63) is 29.8 Å². The normalized spacial score (nSPS) is 14.9. The van der Waals surface area contributed by atoms with Crippen LogP contribution in [0.4, 0.5) is 0 Å². The number of hydrogen-bond donors (Lipinski definition) is 2. The Kier molecular flexibility index (Phi) is 4.78. The molecule has 0 radical (unpaired) electrons. The predicted octanol–water partition coefficient (Wildman–Crippen LogP) is 0.142. The number of hydrogen-bond acceptors (Lipinski definition) is 4. The molecule has 3 N–H and O–H groups in total. The molecule has 0 spiro atoms. The van der Waals surface area contributed by atoms with Gasteiger partial charge in [0.2, 0.25) is 10.0 Å². The van der Waals surface area contributed by atoms with E-state index >= 15 is 0 Å². The quantitative estimate of drug-likeness (QED) is 0.757. The second-order valence-corrected chi connectivity index (χ2v) is 6.43. The van der Waals surface area contributed by atoms with Gasteiger partial charge < -0.3 is 10.8 Å². The van der Waals surface area contributed by atoms with Crippen LogP contribution in [0.25, 0.3) is 0 Å². The average Bonchev–Trinajstić information content (AvgIpc) is 3.27. The molecule has 1 saturated carbocycles. The van der Waals surface area contributed by atoms with Crippen molar-refractivity contribution < 1.29 is 13.5 Å². The van der Waals surface area contributed by atoms with Crippen LogP contribution in [0.2, 0.25) is 0 Å². The van der Waals surface area contributed by atoms with Crippen LogP contribution in [0.15, 0.2) is 29.2 Å². The minimum absolute atomic E-state index is 0.00248. The molecular formula is C14H18N2O3S. The van der Waals surface area contributed by atoms with Crippen LogP contribution in [-0.4, -0.2) is 43.6 Å². The van der Waals surface area contributed by atoms with Crippen molar-refractivity contribution in [1.82, 2.24) is 4.31 Å². The highest BCUT2D eigenvalue weighted by Gasteiger charge is 2.38. The van der Waals surface area contributed by atoms with Gasteiger partial charge in [-0.2, -0.15) is 4.31 Å². The summed E-state index contributed by atoms with van der Waals surface area (Å²) in [6.07, 6.45) is 1.69. The summed E-state index contributed by atoms with van der Waals surface area (Å²) in [5, 5.41) is 9.08. The van der Waals surface area contributed by atoms with Gasteiger partial charge in [0, 0.05) is 18.2 Å². The van der Waals surface area contributed by atoms with Gasteiger partial charge in [-0.3, -0.25) is 0 Å². The fourth-order valence-corrected chi connectivity index (χ4v) is 3.85. The molecule has 1 aromatic carbocycles. The molecule has 0 bridgehead atoms. The molecule has 2 rings (SSSR count). The van der Waals surface area contributed by atoms with Crippen LogP contribution < -0.4 is 5.73 Å². The molecule has 1 aliphatic carbocycles. The van der Waals surface area contributed by atoms with E-state index < -0.39 is 10.0 Å². The smallest absolute Gasteiger partial charge is 0.244 e. The number of nitrogens with zero attached hydrogens (tertiary/aromatic N) is 1. The van der Waals surface area contributed by atoms with Gasteiger partial charge in [-0.15, -0.1) is 0 Å². The van der Waals surface area contributed by atoms with E-state index in [0.717, 1.165) is 12.8 Å². The zero-order chi connectivity index (χ0) is 14.6. The molecule has 0 amide bonds. The highest BCUT2D eigenvalue weighted by atomic mass is 32.2. The van der Waals surface area contributed by atoms with Crippen molar-refractivity contribution in [2.24, 2.45) is 5.73 Å². The highest BCUT2D eigenvalue weighted by Crippen LogP contribution is 2.32. The topological polar surface area (TPSA) is 83.6 Å². The van der Waals surface area contributed by atoms with Crippen molar-refractivity contribution in [3.8, 4) is 11.8 Å². The van der Waals surface area contributed by atoms with Gasteiger partial charge in [0.05, 0.1) is 18.0 Å². The second-order valence-electron chi connectivity index (χ2n) is 4.57. The Hall–Kier alpha value is -1.39. The fraction of sp³-hybridized carbons (Fsp3) is 0.429. The van der Waals surface area contributed by atoms with E-state index in [9.17, 15) is 8.42 Å². The first kappa shape index (κ1) is 15.0. The summed E-state index contributed by atoms with van der Waals surface area (Å²) in [4.78, 5) is 0.182. The zero-order valence-electron chi connectivity index (χ0n) is 11.1. The third kappa shape index (κ3) is 3.19. The number of rotatable bonds is 5. The van der Waals surface area contributed by atoms with Crippen molar-refractivity contribution >= 4 is 10.0 Å². The van der Waals surface area contributed by atoms with Crippen molar-refractivity contribution in [2.75, 3.05) is 19.7 Å². The molecule has 0 heterocycles. The average molecular weight is 294 g/mol. The van der Waals surface area contributed by atoms with Gasteiger partial charge >= 0.3 is 0 Å². The largest absolute Gasteiger partial charge is 0.395 e. The third-order valence-electron chi connectivity index (χ3n) is 3.07. The summed E-state index contributed by atoms with van der Waals surface area (Å²) in [6.45, 7) is 0.107. The molecule has 5 nitrogen and oxygen atoms in total. The van der Waals surface area contributed by atoms with E-state index in [1.165, 1.54) is 4.31 Å². The highest BCUT2D eigenvalue weighted by molar-refractivity contribution is 7.89. The monoisotopic (exact) mass is 294 g/mol. The number of sulfonamides is 1. The molecule has 0 unspecified atom stereocenters. The van der Waals surface area contributed by atoms with Gasteiger partial charge in [0.25, 0.3) is 0 Å². The number of aliphatic hydroxyl groups excluding tert-OH is 1. The maximum Gasteiger partial charge on any atom is 0.244 e. The zero-order valence-corrected chi connectivity index (χ0v) is 11.9. The Morgan fingerprint density at radius 3 is 2.65 bits per heavy atom. The van der Waals surface area contributed by atoms with E-state index in [0.29, 0.717) is 5.56 Å². The summed E-state index contributed by atoms with van der Waals surface area (Å²) >= 11 is 0. The maximum atomic E-state index is 12.7. The number of aliphatic hydroxyl groups is 1. The van der Waals surface area contributed by atoms with Crippen LogP contribution in [0, 0.1) is 11.8 Å². The molecule has 20 heavy (non-hydrogen) atoms. The predicted molar refractivity (Wildman–Crippen MR) is 76.4 cm³/mol. The van der Waals surface area contributed by atoms with E-state index in [-0.39, 0.29) is 30.6 Å². The number of benzene rings is 1. The van der Waals surface area contributed by atoms with Crippen molar-refractivity contribution in [3.63, 3.8) is 0 Å². The molecule has 108 valence electrons. The molecule has 0 atom stereocenters. The molecular weight excluding hydrogens is 276 g/mol. The van der Waals surface area contributed by atoms with Gasteiger partial charge in [0.1, 0.15) is 0 Å². The lowest BCUT2D eigenvalue weighted by molar-refractivity contribution is 0.250. The summed E-state index contributed by atoms with van der Waals surface area (Å²) in [6, 6.07) is 6.63. The first-order valence-electron chi connectivity index (χ1n) is 6.52. The standard InChI is InChI=1S/C14H18N2O3S/c15-9-3-5-12-4-1-2-6-14(12)20(18,19)16(10-11-17)13-7-8-13/h1-2,4,6,13,17H,7-11,15H2. The van der Waals surface area contributed by atoms with Crippen LogP contribution in [0.3, 0.4) is 0 Å². The van der Waals surface area contributed by atoms with E-state index in [1.807, 2.05) is 0 Å². The Balaban J connectivity index is 2.42. The molecule has 0 aliphatic heterocycles. The first-order valence-corrected chi connectivity index (χ1v) is 7.96. The fourth-order valence-electron chi connectivity index (χ4n) is 2.03. The molecule has 1 aliphatic rings. The van der Waals surface area contributed by atoms with Gasteiger partial charge in [-0.1, -0.05) is 24.0 Å². The van der Waals surface area contributed by atoms with Crippen molar-refractivity contribution in [2.45, 2.75) is 23.8 Å². The van der Waals surface area contributed by atoms with Gasteiger partial charge in [-0.25, -0.2) is 8.42 Å². The minimum Gasteiger partial charge on any atom is -0.395 e. The Morgan fingerprint density at radius 2 is 2.05 bits per heavy atom. The van der Waals surface area contributed by atoms with E-state index in [1.54, 1.807) is 24.3 Å². The summed E-state index contributed by atoms with van der Waals surface area (Å²) in [5.74, 6) is 5.47. The first-order chi connectivity index (χ1) is 9.61. The Morgan fingerprint density at radius 1 is 1.35 bits per heavy atom. The lowest BCUT2D eigenvalue weighted by Crippen LogP contribution is -2.35. The number of nitrogens with two attached hydrogens (primary N) is 1. The molecule has 1 aromatic rings. The van der Waals surface area contributed by atoms with Crippen molar-refractivity contribution in [1.29, 1.82) is 0 Å².